The highest BCUT2D eigenvalue weighted by Crippen LogP contribution is 2.38. The standard InChI is InChI=1S/C28H21N3O2S/c1-32-25-11-7-23(8-12-25)31(24-9-13-26(33-2)14-10-24)22-5-3-21(4-6-22)28-16-15-27(34-28)17-20(18-29)19-30/h3-17H,1-2H3. The van der Waals surface area contributed by atoms with Gasteiger partial charge in [0.05, 0.1) is 14.2 Å². The first kappa shape index (κ1) is 22.7. The van der Waals surface area contributed by atoms with Crippen molar-refractivity contribution < 1.29 is 9.47 Å². The van der Waals surface area contributed by atoms with Crippen LogP contribution in [0.2, 0.25) is 0 Å². The number of nitrogens with zero attached hydrogens (tertiary/aromatic N) is 3. The zero-order chi connectivity index (χ0) is 23.9. The van der Waals surface area contributed by atoms with Crippen LogP contribution < -0.4 is 14.4 Å². The SMILES string of the molecule is COc1ccc(N(c2ccc(OC)cc2)c2ccc(-c3ccc(C=C(C#N)C#N)s3)cc2)cc1. The summed E-state index contributed by atoms with van der Waals surface area (Å²) in [6, 6.07) is 31.9. The van der Waals surface area contributed by atoms with Crippen molar-refractivity contribution in [2.75, 3.05) is 19.1 Å². The largest absolute Gasteiger partial charge is 0.497 e. The number of allylic oxidation sites excluding steroid dienone is 1. The Morgan fingerprint density at radius 2 is 1.18 bits per heavy atom. The third kappa shape index (κ3) is 4.94. The molecular weight excluding hydrogens is 442 g/mol. The quantitative estimate of drug-likeness (QED) is 0.268. The maximum absolute atomic E-state index is 8.99. The summed E-state index contributed by atoms with van der Waals surface area (Å²) >= 11 is 1.54. The average Bonchev–Trinajstić information content (AvgIpc) is 3.37. The van der Waals surface area contributed by atoms with Crippen molar-refractivity contribution in [3.8, 4) is 34.1 Å². The van der Waals surface area contributed by atoms with Gasteiger partial charge in [-0.25, -0.2) is 0 Å². The molecule has 1 heterocycles. The number of thiophene rings is 1. The fourth-order valence-corrected chi connectivity index (χ4v) is 4.46. The molecule has 6 heteroatoms. The Bertz CT molecular complexity index is 1310. The molecule has 34 heavy (non-hydrogen) atoms. The molecular formula is C28H21N3O2S. The second-order valence-corrected chi connectivity index (χ2v) is 8.38. The lowest BCUT2D eigenvalue weighted by Gasteiger charge is -2.26. The molecule has 166 valence electrons. The van der Waals surface area contributed by atoms with Gasteiger partial charge in [0.15, 0.2) is 0 Å². The van der Waals surface area contributed by atoms with Gasteiger partial charge in [0.2, 0.25) is 0 Å². The van der Waals surface area contributed by atoms with Crippen LogP contribution in [0.5, 0.6) is 11.5 Å². The van der Waals surface area contributed by atoms with Crippen molar-refractivity contribution in [1.29, 1.82) is 10.5 Å². The number of hydrogen-bond acceptors (Lipinski definition) is 6. The highest BCUT2D eigenvalue weighted by molar-refractivity contribution is 7.16. The Balaban J connectivity index is 1.68. The maximum Gasteiger partial charge on any atom is 0.131 e. The lowest BCUT2D eigenvalue weighted by Crippen LogP contribution is -2.09. The number of hydrogen-bond donors (Lipinski definition) is 0. The molecule has 0 saturated heterocycles. The number of methoxy groups -OCH3 is 2. The van der Waals surface area contributed by atoms with Gasteiger partial charge in [-0.3, -0.25) is 0 Å². The van der Waals surface area contributed by atoms with Crippen LogP contribution in [0.15, 0.2) is 90.5 Å². The van der Waals surface area contributed by atoms with Crippen LogP contribution in [-0.4, -0.2) is 14.2 Å². The van der Waals surface area contributed by atoms with Crippen LogP contribution in [0.4, 0.5) is 17.1 Å². The molecule has 0 spiro atoms. The Kier molecular flexibility index (Phi) is 6.93. The van der Waals surface area contributed by atoms with Gasteiger partial charge in [0.1, 0.15) is 29.2 Å². The topological polar surface area (TPSA) is 69.3 Å². The molecule has 0 saturated carbocycles. The van der Waals surface area contributed by atoms with E-state index in [1.807, 2.05) is 72.8 Å². The second-order valence-electron chi connectivity index (χ2n) is 7.26. The van der Waals surface area contributed by atoms with Crippen LogP contribution in [-0.2, 0) is 0 Å². The molecule has 5 nitrogen and oxygen atoms in total. The highest BCUT2D eigenvalue weighted by atomic mass is 32.1. The fourth-order valence-electron chi connectivity index (χ4n) is 3.50. The molecule has 0 atom stereocenters. The summed E-state index contributed by atoms with van der Waals surface area (Å²) in [5, 5.41) is 18.0. The Morgan fingerprint density at radius 1 is 0.706 bits per heavy atom. The zero-order valence-electron chi connectivity index (χ0n) is 18.7. The van der Waals surface area contributed by atoms with E-state index in [1.54, 1.807) is 31.6 Å². The third-order valence-corrected chi connectivity index (χ3v) is 6.31. The number of rotatable bonds is 7. The Labute approximate surface area is 203 Å². The van der Waals surface area contributed by atoms with Gasteiger partial charge in [0, 0.05) is 26.8 Å². The van der Waals surface area contributed by atoms with E-state index in [0.29, 0.717) is 0 Å². The molecule has 0 radical (unpaired) electrons. The van der Waals surface area contributed by atoms with Gasteiger partial charge in [0.25, 0.3) is 0 Å². The van der Waals surface area contributed by atoms with E-state index in [2.05, 4.69) is 29.2 Å². The van der Waals surface area contributed by atoms with Crippen molar-refractivity contribution >= 4 is 34.5 Å². The van der Waals surface area contributed by atoms with Crippen molar-refractivity contribution in [3.05, 3.63) is 95.4 Å². The molecule has 4 aromatic rings. The van der Waals surface area contributed by atoms with Crippen LogP contribution in [0.3, 0.4) is 0 Å². The van der Waals surface area contributed by atoms with E-state index in [-0.39, 0.29) is 5.57 Å². The van der Waals surface area contributed by atoms with Crippen LogP contribution in [0.25, 0.3) is 16.5 Å². The predicted molar refractivity (Wildman–Crippen MR) is 137 cm³/mol. The van der Waals surface area contributed by atoms with Crippen molar-refractivity contribution in [2.24, 2.45) is 0 Å². The van der Waals surface area contributed by atoms with Crippen LogP contribution in [0, 0.1) is 22.7 Å². The van der Waals surface area contributed by atoms with Gasteiger partial charge in [-0.15, -0.1) is 11.3 Å². The molecule has 3 aromatic carbocycles. The minimum atomic E-state index is 0.0957. The van der Waals surface area contributed by atoms with Gasteiger partial charge < -0.3 is 14.4 Å². The van der Waals surface area contributed by atoms with E-state index >= 15 is 0 Å². The van der Waals surface area contributed by atoms with E-state index in [9.17, 15) is 0 Å². The zero-order valence-corrected chi connectivity index (χ0v) is 19.5. The molecule has 0 aliphatic rings. The normalized spacial score (nSPS) is 10.0. The van der Waals surface area contributed by atoms with Gasteiger partial charge in [-0.1, -0.05) is 12.1 Å². The molecule has 0 amide bonds. The summed E-state index contributed by atoms with van der Waals surface area (Å²) in [4.78, 5) is 4.10. The van der Waals surface area contributed by atoms with Gasteiger partial charge in [-0.2, -0.15) is 10.5 Å². The van der Waals surface area contributed by atoms with Gasteiger partial charge >= 0.3 is 0 Å². The molecule has 0 unspecified atom stereocenters. The Hall–Kier alpha value is -4.52. The molecule has 0 aliphatic heterocycles. The minimum absolute atomic E-state index is 0.0957. The summed E-state index contributed by atoms with van der Waals surface area (Å²) in [6.07, 6.45) is 1.61. The average molecular weight is 464 g/mol. The van der Waals surface area contributed by atoms with Crippen LogP contribution in [0.1, 0.15) is 4.88 Å². The van der Waals surface area contributed by atoms with E-state index < -0.39 is 0 Å². The lowest BCUT2D eigenvalue weighted by atomic mass is 10.1. The number of ether oxygens (including phenoxy) is 2. The first-order valence-corrected chi connectivity index (χ1v) is 11.3. The summed E-state index contributed by atoms with van der Waals surface area (Å²) in [5.74, 6) is 1.60. The highest BCUT2D eigenvalue weighted by Gasteiger charge is 2.13. The smallest absolute Gasteiger partial charge is 0.131 e. The summed E-state index contributed by atoms with van der Waals surface area (Å²) in [6.45, 7) is 0. The lowest BCUT2D eigenvalue weighted by molar-refractivity contribution is 0.415. The van der Waals surface area contributed by atoms with Gasteiger partial charge in [-0.05, 0) is 84.4 Å². The maximum atomic E-state index is 8.99. The molecule has 0 bridgehead atoms. The molecule has 1 aromatic heterocycles. The second kappa shape index (κ2) is 10.4. The number of anilines is 3. The molecule has 0 N–H and O–H groups in total. The first-order valence-electron chi connectivity index (χ1n) is 10.5. The summed E-state index contributed by atoms with van der Waals surface area (Å²) in [7, 11) is 3.31. The van der Waals surface area contributed by atoms with Crippen molar-refractivity contribution in [2.45, 2.75) is 0 Å². The van der Waals surface area contributed by atoms with E-state index in [4.69, 9.17) is 20.0 Å². The number of benzene rings is 3. The monoisotopic (exact) mass is 463 g/mol. The number of nitriles is 2. The molecule has 0 aliphatic carbocycles. The van der Waals surface area contributed by atoms with E-state index in [1.165, 1.54) is 0 Å². The van der Waals surface area contributed by atoms with E-state index in [0.717, 1.165) is 43.9 Å². The van der Waals surface area contributed by atoms with Crippen molar-refractivity contribution in [1.82, 2.24) is 0 Å². The summed E-state index contributed by atoms with van der Waals surface area (Å²) in [5.41, 5.74) is 4.17. The first-order chi connectivity index (χ1) is 16.6. The van der Waals surface area contributed by atoms with Crippen LogP contribution >= 0.6 is 11.3 Å². The Morgan fingerprint density at radius 3 is 1.62 bits per heavy atom. The van der Waals surface area contributed by atoms with Crippen molar-refractivity contribution in [3.63, 3.8) is 0 Å². The predicted octanol–water partition coefficient (Wildman–Crippen LogP) is 7.33. The fraction of sp³-hybridized carbons (Fsp3) is 0.0714. The third-order valence-electron chi connectivity index (χ3n) is 5.23. The molecule has 4 rings (SSSR count). The molecule has 0 fully saturated rings. The summed E-state index contributed by atoms with van der Waals surface area (Å²) < 4.78 is 10.6. The minimum Gasteiger partial charge on any atom is -0.497 e.